The molecular weight excluding hydrogens is 440 g/mol. The fourth-order valence-electron chi connectivity index (χ4n) is 5.59. The lowest BCUT2D eigenvalue weighted by Gasteiger charge is -2.38. The molecule has 4 heteroatoms. The van der Waals surface area contributed by atoms with Gasteiger partial charge in [0, 0.05) is 0 Å². The molecule has 3 unspecified atom stereocenters. The van der Waals surface area contributed by atoms with Crippen LogP contribution in [0, 0.1) is 11.8 Å². The number of hydrogen-bond donors (Lipinski definition) is 1. The van der Waals surface area contributed by atoms with Gasteiger partial charge in [-0.1, -0.05) is 62.1 Å². The van der Waals surface area contributed by atoms with E-state index in [4.69, 9.17) is 9.47 Å². The number of benzene rings is 3. The van der Waals surface area contributed by atoms with E-state index in [1.807, 2.05) is 12.1 Å². The fraction of sp³-hybridized carbons (Fsp3) is 0.367. The lowest BCUT2D eigenvalue weighted by atomic mass is 9.70. The van der Waals surface area contributed by atoms with Crippen LogP contribution in [0.1, 0.15) is 44.9 Å². The molecule has 178 valence electrons. The maximum absolute atomic E-state index is 12.4. The largest absolute Gasteiger partial charge is 0.482 e. The van der Waals surface area contributed by atoms with Crippen molar-refractivity contribution in [2.75, 3.05) is 6.61 Å². The molecule has 0 bridgehead atoms. The molecule has 5 rings (SSSR count). The Bertz CT molecular complexity index is 1010. The first-order valence-electron chi connectivity index (χ1n) is 12.6. The number of rotatable bonds is 7. The zero-order chi connectivity index (χ0) is 23.2. The van der Waals surface area contributed by atoms with Crippen LogP contribution in [0.2, 0.25) is 0 Å². The number of thiol groups is 1. The van der Waals surface area contributed by atoms with Crippen molar-refractivity contribution < 1.29 is 14.3 Å². The van der Waals surface area contributed by atoms with Gasteiger partial charge in [0.05, 0.1) is 0 Å². The Kier molecular flexibility index (Phi) is 7.55. The molecule has 0 aliphatic heterocycles. The predicted molar refractivity (Wildman–Crippen MR) is 138 cm³/mol. The van der Waals surface area contributed by atoms with E-state index in [2.05, 4.69) is 72.8 Å². The van der Waals surface area contributed by atoms with Crippen LogP contribution in [0.15, 0.2) is 99.6 Å². The second-order valence-electron chi connectivity index (χ2n) is 9.52. The van der Waals surface area contributed by atoms with E-state index in [1.54, 1.807) is 0 Å². The first kappa shape index (κ1) is 23.0. The third-order valence-electron chi connectivity index (χ3n) is 7.27. The van der Waals surface area contributed by atoms with Crippen molar-refractivity contribution in [1.82, 2.24) is 0 Å². The Morgan fingerprint density at radius 1 is 0.706 bits per heavy atom. The normalized spacial score (nSPS) is 22.4. The first-order chi connectivity index (χ1) is 16.8. The Morgan fingerprint density at radius 3 is 1.94 bits per heavy atom. The van der Waals surface area contributed by atoms with Gasteiger partial charge in [-0.2, -0.15) is 10.9 Å². The van der Waals surface area contributed by atoms with Crippen molar-refractivity contribution >= 4 is 16.9 Å². The molecule has 0 spiro atoms. The van der Waals surface area contributed by atoms with Crippen molar-refractivity contribution in [3.05, 3.63) is 84.9 Å². The highest BCUT2D eigenvalue weighted by molar-refractivity contribution is 8.17. The summed E-state index contributed by atoms with van der Waals surface area (Å²) in [6, 6.07) is 29.4. The summed E-state index contributed by atoms with van der Waals surface area (Å²) in [5.74, 6) is 2.06. The molecule has 0 amide bonds. The van der Waals surface area contributed by atoms with Crippen LogP contribution in [-0.4, -0.2) is 18.7 Å². The minimum Gasteiger partial charge on any atom is -0.482 e. The van der Waals surface area contributed by atoms with Gasteiger partial charge in [-0.15, -0.1) is 0 Å². The highest BCUT2D eigenvalue weighted by Gasteiger charge is 2.33. The summed E-state index contributed by atoms with van der Waals surface area (Å²) in [7, 11) is -0.646. The zero-order valence-electron chi connectivity index (χ0n) is 19.6. The van der Waals surface area contributed by atoms with Gasteiger partial charge in [-0.05, 0) is 94.3 Å². The lowest BCUT2D eigenvalue weighted by molar-refractivity contribution is -0.154. The van der Waals surface area contributed by atoms with E-state index in [-0.39, 0.29) is 18.7 Å². The van der Waals surface area contributed by atoms with Gasteiger partial charge in [-0.25, -0.2) is 4.79 Å². The predicted octanol–water partition coefficient (Wildman–Crippen LogP) is 7.45. The van der Waals surface area contributed by atoms with Gasteiger partial charge in [-0.3, -0.25) is 0 Å². The van der Waals surface area contributed by atoms with Crippen LogP contribution in [0.25, 0.3) is 0 Å². The van der Waals surface area contributed by atoms with E-state index >= 15 is 0 Å². The molecule has 34 heavy (non-hydrogen) atoms. The van der Waals surface area contributed by atoms with E-state index in [9.17, 15) is 4.79 Å². The van der Waals surface area contributed by atoms with Gasteiger partial charge >= 0.3 is 5.97 Å². The quantitative estimate of drug-likeness (QED) is 0.285. The topological polar surface area (TPSA) is 35.5 Å². The maximum atomic E-state index is 12.4. The maximum Gasteiger partial charge on any atom is 0.344 e. The van der Waals surface area contributed by atoms with Crippen molar-refractivity contribution in [2.45, 2.75) is 65.7 Å². The molecule has 2 aliphatic rings. The molecule has 3 nitrogen and oxygen atoms in total. The van der Waals surface area contributed by atoms with Gasteiger partial charge < -0.3 is 9.47 Å². The van der Waals surface area contributed by atoms with Gasteiger partial charge in [0.2, 0.25) is 0 Å². The second kappa shape index (κ2) is 11.1. The van der Waals surface area contributed by atoms with Crippen LogP contribution in [0.3, 0.4) is 0 Å². The number of carbonyl (C=O) groups excluding carboxylic acids is 1. The van der Waals surface area contributed by atoms with Gasteiger partial charge in [0.15, 0.2) is 6.61 Å². The minimum absolute atomic E-state index is 0.0317. The summed E-state index contributed by atoms with van der Waals surface area (Å²) in [6.07, 6.45) is 8.68. The molecule has 0 heterocycles. The number of hydrogen-bond acceptors (Lipinski definition) is 3. The molecule has 3 aromatic carbocycles. The molecule has 0 N–H and O–H groups in total. The van der Waals surface area contributed by atoms with Crippen LogP contribution in [0.5, 0.6) is 5.75 Å². The summed E-state index contributed by atoms with van der Waals surface area (Å²) in [5, 5.41) is 0. The Balaban J connectivity index is 1.19. The number of esters is 1. The van der Waals surface area contributed by atoms with E-state index in [0.717, 1.165) is 24.7 Å². The summed E-state index contributed by atoms with van der Waals surface area (Å²) in [5.41, 5.74) is 0. The lowest BCUT2D eigenvalue weighted by Crippen LogP contribution is -2.34. The van der Waals surface area contributed by atoms with Crippen LogP contribution < -0.4 is 4.74 Å². The summed E-state index contributed by atoms with van der Waals surface area (Å²) < 4.78 is 11.6. The molecule has 2 aliphatic carbocycles. The van der Waals surface area contributed by atoms with Crippen molar-refractivity contribution in [2.24, 2.45) is 11.8 Å². The second-order valence-corrected chi connectivity index (χ2v) is 11.7. The van der Waals surface area contributed by atoms with Crippen molar-refractivity contribution in [1.29, 1.82) is 0 Å². The summed E-state index contributed by atoms with van der Waals surface area (Å²) >= 11 is 0. The zero-order valence-corrected chi connectivity index (χ0v) is 20.5. The van der Waals surface area contributed by atoms with Gasteiger partial charge in [0.25, 0.3) is 0 Å². The minimum atomic E-state index is -0.646. The highest BCUT2D eigenvalue weighted by Crippen LogP contribution is 2.51. The molecule has 2 saturated carbocycles. The van der Waals surface area contributed by atoms with E-state index < -0.39 is 10.9 Å². The number of carbonyl (C=O) groups is 1. The van der Waals surface area contributed by atoms with E-state index in [1.165, 1.54) is 46.8 Å². The SMILES string of the molecule is O=C(COc1ccc([SH](c2ccccc2)c2ccccc2)cc1)OC1CCC2CCCCC2C1. The molecule has 3 aromatic rings. The molecule has 0 saturated heterocycles. The standard InChI is InChI=1S/C30H34O3S/c31-30(33-26-16-15-23-9-7-8-10-24(23)21-26)22-32-25-17-19-29(20-18-25)34(27-11-3-1-4-12-27)28-13-5-2-6-14-28/h1-6,11-14,17-20,23-24,26,34H,7-10,15-16,21-22H2. The number of ether oxygens (including phenoxy) is 2. The third-order valence-corrected chi connectivity index (χ3v) is 9.71. The highest BCUT2D eigenvalue weighted by atomic mass is 32.2. The first-order valence-corrected chi connectivity index (χ1v) is 13.9. The monoisotopic (exact) mass is 474 g/mol. The van der Waals surface area contributed by atoms with Gasteiger partial charge in [0.1, 0.15) is 11.9 Å². The summed E-state index contributed by atoms with van der Waals surface area (Å²) in [6.45, 7) is -0.0317. The third kappa shape index (κ3) is 5.67. The Labute approximate surface area is 205 Å². The molecule has 0 aromatic heterocycles. The average molecular weight is 475 g/mol. The average Bonchev–Trinajstić information content (AvgIpc) is 2.90. The van der Waals surface area contributed by atoms with E-state index in [0.29, 0.717) is 5.75 Å². The van der Waals surface area contributed by atoms with Crippen LogP contribution in [-0.2, 0) is 9.53 Å². The summed E-state index contributed by atoms with van der Waals surface area (Å²) in [4.78, 5) is 16.3. The number of fused-ring (bicyclic) bond motifs is 1. The fourth-order valence-corrected chi connectivity index (χ4v) is 7.87. The van der Waals surface area contributed by atoms with Crippen molar-refractivity contribution in [3.8, 4) is 5.75 Å². The molecule has 3 atom stereocenters. The molecule has 2 fully saturated rings. The smallest absolute Gasteiger partial charge is 0.344 e. The Morgan fingerprint density at radius 2 is 1.29 bits per heavy atom. The molecular formula is C30H34O3S. The van der Waals surface area contributed by atoms with Crippen LogP contribution in [0.4, 0.5) is 0 Å². The van der Waals surface area contributed by atoms with Crippen LogP contribution >= 0.6 is 10.9 Å². The Hall–Kier alpha value is -2.72. The molecule has 0 radical (unpaired) electrons. The van der Waals surface area contributed by atoms with Crippen molar-refractivity contribution in [3.63, 3.8) is 0 Å².